The van der Waals surface area contributed by atoms with E-state index in [-0.39, 0.29) is 5.91 Å². The van der Waals surface area contributed by atoms with Crippen LogP contribution in [0.2, 0.25) is 10.0 Å². The van der Waals surface area contributed by atoms with Gasteiger partial charge in [0.2, 0.25) is 5.91 Å². The third-order valence-corrected chi connectivity index (χ3v) is 5.50. The summed E-state index contributed by atoms with van der Waals surface area (Å²) in [6, 6.07) is 7.05. The number of amides is 1. The van der Waals surface area contributed by atoms with E-state index in [2.05, 4.69) is 25.5 Å². The largest absolute Gasteiger partial charge is 0.311 e. The molecule has 8 nitrogen and oxygen atoms in total. The number of carbonyl (C=O) groups is 1. The van der Waals surface area contributed by atoms with E-state index < -0.39 is 0 Å². The molecule has 0 unspecified atom stereocenters. The van der Waals surface area contributed by atoms with Gasteiger partial charge in [0.25, 0.3) is 5.78 Å². The molecular weight excluding hydrogens is 425 g/mol. The lowest BCUT2D eigenvalue weighted by Gasteiger charge is -2.12. The van der Waals surface area contributed by atoms with Gasteiger partial charge < -0.3 is 5.32 Å². The highest BCUT2D eigenvalue weighted by atomic mass is 35.5. The summed E-state index contributed by atoms with van der Waals surface area (Å²) < 4.78 is 3.37. The Bertz CT molecular complexity index is 1230. The summed E-state index contributed by atoms with van der Waals surface area (Å²) in [6.45, 7) is 4.29. The maximum absolute atomic E-state index is 12.6. The molecule has 0 saturated heterocycles. The molecule has 0 bridgehead atoms. The van der Waals surface area contributed by atoms with E-state index >= 15 is 0 Å². The highest BCUT2D eigenvalue weighted by molar-refractivity contribution is 6.35. The van der Waals surface area contributed by atoms with E-state index in [0.717, 1.165) is 22.5 Å². The molecule has 10 heteroatoms. The van der Waals surface area contributed by atoms with Crippen molar-refractivity contribution in [1.82, 2.24) is 29.4 Å². The Morgan fingerprint density at radius 3 is 2.80 bits per heavy atom. The Hall–Kier alpha value is -2.97. The predicted octanol–water partition coefficient (Wildman–Crippen LogP) is 3.86. The Morgan fingerprint density at radius 1 is 1.17 bits per heavy atom. The highest BCUT2D eigenvalue weighted by Gasteiger charge is 2.14. The van der Waals surface area contributed by atoms with E-state index in [4.69, 9.17) is 23.2 Å². The SMILES string of the molecule is Cc1nc2ncnn2c(C)c1CCC(=O)Nc1ccnn1Cc1ccc(Cl)cc1Cl. The van der Waals surface area contributed by atoms with Crippen molar-refractivity contribution in [2.24, 2.45) is 0 Å². The zero-order valence-electron chi connectivity index (χ0n) is 16.4. The van der Waals surface area contributed by atoms with E-state index in [1.165, 1.54) is 6.33 Å². The first kappa shape index (κ1) is 20.3. The van der Waals surface area contributed by atoms with Crippen LogP contribution < -0.4 is 5.32 Å². The number of anilines is 1. The molecule has 0 saturated carbocycles. The lowest BCUT2D eigenvalue weighted by atomic mass is 10.1. The van der Waals surface area contributed by atoms with E-state index in [9.17, 15) is 4.79 Å². The molecule has 0 aliphatic carbocycles. The summed E-state index contributed by atoms with van der Waals surface area (Å²) in [5.74, 6) is 1.05. The van der Waals surface area contributed by atoms with Crippen molar-refractivity contribution in [2.75, 3.05) is 5.32 Å². The lowest BCUT2D eigenvalue weighted by Crippen LogP contribution is -2.17. The van der Waals surface area contributed by atoms with Crippen molar-refractivity contribution in [2.45, 2.75) is 33.2 Å². The average Bonchev–Trinajstić information content (AvgIpc) is 3.33. The van der Waals surface area contributed by atoms with Gasteiger partial charge in [-0.25, -0.2) is 14.2 Å². The molecule has 1 amide bonds. The molecule has 4 rings (SSSR count). The number of aryl methyl sites for hydroxylation is 2. The van der Waals surface area contributed by atoms with Gasteiger partial charge in [-0.2, -0.15) is 15.2 Å². The third-order valence-electron chi connectivity index (χ3n) is 4.91. The van der Waals surface area contributed by atoms with E-state index in [1.807, 2.05) is 19.9 Å². The Labute approximate surface area is 182 Å². The van der Waals surface area contributed by atoms with Gasteiger partial charge in [0, 0.05) is 33.9 Å². The van der Waals surface area contributed by atoms with Crippen molar-refractivity contribution in [3.05, 3.63) is 69.3 Å². The molecule has 1 N–H and O–H groups in total. The van der Waals surface area contributed by atoms with Crippen LogP contribution in [0, 0.1) is 13.8 Å². The summed E-state index contributed by atoms with van der Waals surface area (Å²) in [5.41, 5.74) is 3.64. The maximum atomic E-state index is 12.6. The topological polar surface area (TPSA) is 90.0 Å². The number of fused-ring (bicyclic) bond motifs is 1. The number of benzene rings is 1. The summed E-state index contributed by atoms with van der Waals surface area (Å²) >= 11 is 12.2. The molecule has 154 valence electrons. The van der Waals surface area contributed by atoms with Crippen LogP contribution in [-0.2, 0) is 17.8 Å². The number of hydrogen-bond donors (Lipinski definition) is 1. The quantitative estimate of drug-likeness (QED) is 0.488. The fraction of sp³-hybridized carbons (Fsp3) is 0.250. The lowest BCUT2D eigenvalue weighted by molar-refractivity contribution is -0.116. The molecule has 0 fully saturated rings. The van der Waals surface area contributed by atoms with Crippen LogP contribution in [0.3, 0.4) is 0 Å². The summed E-state index contributed by atoms with van der Waals surface area (Å²) in [6.07, 6.45) is 3.95. The van der Waals surface area contributed by atoms with Crippen molar-refractivity contribution in [3.8, 4) is 0 Å². The number of hydrogen-bond acceptors (Lipinski definition) is 5. The summed E-state index contributed by atoms with van der Waals surface area (Å²) in [5, 5.41) is 12.5. The normalized spacial score (nSPS) is 11.2. The van der Waals surface area contributed by atoms with Crippen LogP contribution in [0.4, 0.5) is 5.82 Å². The second kappa shape index (κ2) is 8.41. The van der Waals surface area contributed by atoms with Crippen LogP contribution in [0.5, 0.6) is 0 Å². The maximum Gasteiger partial charge on any atom is 0.252 e. The number of nitrogens with zero attached hydrogens (tertiary/aromatic N) is 6. The second-order valence-electron chi connectivity index (χ2n) is 6.89. The number of halogens is 2. The fourth-order valence-corrected chi connectivity index (χ4v) is 3.81. The zero-order chi connectivity index (χ0) is 21.3. The predicted molar refractivity (Wildman–Crippen MR) is 115 cm³/mol. The molecule has 0 atom stereocenters. The second-order valence-corrected chi connectivity index (χ2v) is 7.73. The smallest absolute Gasteiger partial charge is 0.252 e. The van der Waals surface area contributed by atoms with Gasteiger partial charge in [0.1, 0.15) is 12.1 Å². The summed E-state index contributed by atoms with van der Waals surface area (Å²) in [4.78, 5) is 21.1. The van der Waals surface area contributed by atoms with Crippen LogP contribution in [0.25, 0.3) is 5.78 Å². The Kier molecular flexibility index (Phi) is 5.69. The van der Waals surface area contributed by atoms with Gasteiger partial charge in [0.05, 0.1) is 12.7 Å². The van der Waals surface area contributed by atoms with Gasteiger partial charge in [0.15, 0.2) is 0 Å². The third kappa shape index (κ3) is 4.15. The number of carbonyl (C=O) groups excluding carboxylic acids is 1. The zero-order valence-corrected chi connectivity index (χ0v) is 17.9. The molecule has 3 heterocycles. The first-order valence-corrected chi connectivity index (χ1v) is 10.1. The van der Waals surface area contributed by atoms with Crippen LogP contribution >= 0.6 is 23.2 Å². The molecule has 3 aromatic heterocycles. The molecule has 0 radical (unpaired) electrons. The first-order valence-electron chi connectivity index (χ1n) is 9.34. The fourth-order valence-electron chi connectivity index (χ4n) is 3.34. The Morgan fingerprint density at radius 2 is 2.00 bits per heavy atom. The Balaban J connectivity index is 1.44. The minimum atomic E-state index is -0.114. The van der Waals surface area contributed by atoms with Crippen molar-refractivity contribution in [3.63, 3.8) is 0 Å². The molecular formula is C20H19Cl2N7O. The van der Waals surface area contributed by atoms with E-state index in [0.29, 0.717) is 41.0 Å². The minimum Gasteiger partial charge on any atom is -0.311 e. The number of aromatic nitrogens is 6. The standard InChI is InChI=1S/C20H19Cl2N7O/c1-12-16(13(2)29-20(26-12)23-11-25-29)5-6-19(30)27-18-7-8-24-28(18)10-14-3-4-15(21)9-17(14)22/h3-4,7-9,11H,5-6,10H2,1-2H3,(H,27,30). The first-order chi connectivity index (χ1) is 14.4. The minimum absolute atomic E-state index is 0.114. The van der Waals surface area contributed by atoms with Gasteiger partial charge in [-0.05, 0) is 43.5 Å². The molecule has 0 aliphatic rings. The van der Waals surface area contributed by atoms with Crippen LogP contribution in [0.15, 0.2) is 36.8 Å². The molecule has 30 heavy (non-hydrogen) atoms. The molecule has 0 aliphatic heterocycles. The van der Waals surface area contributed by atoms with Gasteiger partial charge >= 0.3 is 0 Å². The van der Waals surface area contributed by atoms with Gasteiger partial charge in [-0.15, -0.1) is 0 Å². The van der Waals surface area contributed by atoms with Crippen LogP contribution in [0.1, 0.15) is 28.9 Å². The van der Waals surface area contributed by atoms with E-state index in [1.54, 1.807) is 33.6 Å². The average molecular weight is 444 g/mol. The summed E-state index contributed by atoms with van der Waals surface area (Å²) in [7, 11) is 0. The van der Waals surface area contributed by atoms with Gasteiger partial charge in [-0.3, -0.25) is 4.79 Å². The molecule has 1 aromatic carbocycles. The monoisotopic (exact) mass is 443 g/mol. The molecule has 0 spiro atoms. The molecule has 4 aromatic rings. The van der Waals surface area contributed by atoms with Crippen molar-refractivity contribution >= 4 is 40.7 Å². The van der Waals surface area contributed by atoms with Crippen LogP contribution in [-0.4, -0.2) is 35.3 Å². The number of nitrogens with one attached hydrogen (secondary N) is 1. The van der Waals surface area contributed by atoms with Crippen molar-refractivity contribution < 1.29 is 4.79 Å². The highest BCUT2D eigenvalue weighted by Crippen LogP contribution is 2.23. The van der Waals surface area contributed by atoms with Crippen molar-refractivity contribution in [1.29, 1.82) is 0 Å². The number of rotatable bonds is 6. The van der Waals surface area contributed by atoms with Gasteiger partial charge in [-0.1, -0.05) is 29.3 Å².